The van der Waals surface area contributed by atoms with Crippen molar-refractivity contribution in [1.82, 2.24) is 0 Å². The Labute approximate surface area is 111 Å². The molecule has 1 heterocycles. The third kappa shape index (κ3) is 2.20. The van der Waals surface area contributed by atoms with E-state index < -0.39 is 0 Å². The number of ketones is 1. The van der Waals surface area contributed by atoms with Crippen LogP contribution in [0.5, 0.6) is 0 Å². The first-order chi connectivity index (χ1) is 8.54. The van der Waals surface area contributed by atoms with Gasteiger partial charge in [0.15, 0.2) is 5.78 Å². The first-order valence-electron chi connectivity index (χ1n) is 5.78. The summed E-state index contributed by atoms with van der Waals surface area (Å²) >= 11 is 1.50. The van der Waals surface area contributed by atoms with Crippen LogP contribution in [0.15, 0.2) is 35.7 Å². The van der Waals surface area contributed by atoms with E-state index in [0.29, 0.717) is 12.1 Å². The summed E-state index contributed by atoms with van der Waals surface area (Å²) in [5.41, 5.74) is 1.55. The van der Waals surface area contributed by atoms with E-state index in [9.17, 15) is 9.59 Å². The zero-order valence-corrected chi connectivity index (χ0v) is 11.3. The van der Waals surface area contributed by atoms with E-state index in [-0.39, 0.29) is 16.9 Å². The monoisotopic (exact) mass is 261 g/mol. The molecule has 18 heavy (non-hydrogen) atoms. The Bertz CT molecular complexity index is 525. The molecular formula is C14H15NO2S. The molecule has 0 fully saturated rings. The van der Waals surface area contributed by atoms with Gasteiger partial charge in [0.2, 0.25) is 5.91 Å². The van der Waals surface area contributed by atoms with Crippen molar-refractivity contribution in [3.05, 3.63) is 36.4 Å². The highest BCUT2D eigenvalue weighted by Gasteiger charge is 2.30. The number of carbonyl (C=O) groups excluding carboxylic acids is 2. The van der Waals surface area contributed by atoms with Gasteiger partial charge in [0.1, 0.15) is 0 Å². The number of fused-ring (bicyclic) bond motifs is 1. The third-order valence-corrected chi connectivity index (χ3v) is 4.02. The number of benzene rings is 1. The Morgan fingerprint density at radius 1 is 1.56 bits per heavy atom. The van der Waals surface area contributed by atoms with Crippen LogP contribution in [0.25, 0.3) is 0 Å². The predicted molar refractivity (Wildman–Crippen MR) is 74.3 cm³/mol. The molecule has 0 bridgehead atoms. The molecule has 4 heteroatoms. The molecule has 1 aromatic rings. The number of carbonyl (C=O) groups is 2. The molecule has 0 saturated heterocycles. The molecule has 0 radical (unpaired) electrons. The molecule has 1 aromatic carbocycles. The van der Waals surface area contributed by atoms with E-state index in [2.05, 4.69) is 6.58 Å². The summed E-state index contributed by atoms with van der Waals surface area (Å²) in [6.07, 6.45) is 1.71. The molecule has 0 aromatic heterocycles. The van der Waals surface area contributed by atoms with Crippen molar-refractivity contribution >= 4 is 29.1 Å². The van der Waals surface area contributed by atoms with Crippen LogP contribution < -0.4 is 4.90 Å². The van der Waals surface area contributed by atoms with Crippen LogP contribution in [0.4, 0.5) is 5.69 Å². The molecule has 1 aliphatic rings. The lowest BCUT2D eigenvalue weighted by atomic mass is 10.1. The average molecular weight is 261 g/mol. The van der Waals surface area contributed by atoms with Gasteiger partial charge >= 0.3 is 0 Å². The van der Waals surface area contributed by atoms with Gasteiger partial charge in [-0.15, -0.1) is 18.3 Å². The number of anilines is 1. The molecular weight excluding hydrogens is 246 g/mol. The van der Waals surface area contributed by atoms with Crippen molar-refractivity contribution in [3.63, 3.8) is 0 Å². The van der Waals surface area contributed by atoms with Gasteiger partial charge in [0.25, 0.3) is 0 Å². The first kappa shape index (κ1) is 12.9. The Hall–Kier alpha value is -1.55. The van der Waals surface area contributed by atoms with Crippen LogP contribution in [0, 0.1) is 0 Å². The normalized spacial score (nSPS) is 18.4. The van der Waals surface area contributed by atoms with Gasteiger partial charge in [-0.1, -0.05) is 6.08 Å². The minimum Gasteiger partial charge on any atom is -0.307 e. The SMILES string of the molecule is C=CCN1C(=O)C(C)Sc2cc(C(C)=O)ccc21. The molecule has 0 aliphatic carbocycles. The highest BCUT2D eigenvalue weighted by molar-refractivity contribution is 8.01. The van der Waals surface area contributed by atoms with Crippen LogP contribution in [0.1, 0.15) is 24.2 Å². The molecule has 0 spiro atoms. The Balaban J connectivity index is 2.48. The second-order valence-electron chi connectivity index (χ2n) is 4.24. The summed E-state index contributed by atoms with van der Waals surface area (Å²) in [6, 6.07) is 5.47. The molecule has 1 amide bonds. The fraction of sp³-hybridized carbons (Fsp3) is 0.286. The topological polar surface area (TPSA) is 37.4 Å². The largest absolute Gasteiger partial charge is 0.307 e. The van der Waals surface area contributed by atoms with E-state index in [1.54, 1.807) is 24.0 Å². The fourth-order valence-corrected chi connectivity index (χ4v) is 3.05. The second-order valence-corrected chi connectivity index (χ2v) is 5.62. The second kappa shape index (κ2) is 4.98. The summed E-state index contributed by atoms with van der Waals surface area (Å²) in [4.78, 5) is 26.2. The van der Waals surface area contributed by atoms with Gasteiger partial charge in [-0.05, 0) is 32.0 Å². The smallest absolute Gasteiger partial charge is 0.240 e. The molecule has 2 rings (SSSR count). The van der Waals surface area contributed by atoms with E-state index in [4.69, 9.17) is 0 Å². The number of hydrogen-bond donors (Lipinski definition) is 0. The van der Waals surface area contributed by atoms with E-state index >= 15 is 0 Å². The number of nitrogens with zero attached hydrogens (tertiary/aromatic N) is 1. The first-order valence-corrected chi connectivity index (χ1v) is 6.66. The molecule has 94 valence electrons. The van der Waals surface area contributed by atoms with Gasteiger partial charge < -0.3 is 4.90 Å². The molecule has 1 aliphatic heterocycles. The van der Waals surface area contributed by atoms with Crippen molar-refractivity contribution in [1.29, 1.82) is 0 Å². The van der Waals surface area contributed by atoms with Crippen molar-refractivity contribution in [3.8, 4) is 0 Å². The average Bonchev–Trinajstić information content (AvgIpc) is 2.34. The van der Waals surface area contributed by atoms with E-state index in [0.717, 1.165) is 10.6 Å². The molecule has 1 atom stereocenters. The quantitative estimate of drug-likeness (QED) is 0.620. The summed E-state index contributed by atoms with van der Waals surface area (Å²) in [5, 5.41) is -0.125. The lowest BCUT2D eigenvalue weighted by Crippen LogP contribution is -2.39. The number of Topliss-reactive ketones (excluding diaryl/α,β-unsaturated/α-hetero) is 1. The Morgan fingerprint density at radius 2 is 2.28 bits per heavy atom. The summed E-state index contributed by atoms with van der Waals surface area (Å²) in [7, 11) is 0. The zero-order chi connectivity index (χ0) is 13.3. The predicted octanol–water partition coefficient (Wildman–Crippen LogP) is 2.90. The zero-order valence-electron chi connectivity index (χ0n) is 10.5. The summed E-state index contributed by atoms with van der Waals surface area (Å²) < 4.78 is 0. The molecule has 1 unspecified atom stereocenters. The van der Waals surface area contributed by atoms with Crippen LogP contribution in [-0.2, 0) is 4.79 Å². The minimum atomic E-state index is -0.125. The fourth-order valence-electron chi connectivity index (χ4n) is 1.95. The van der Waals surface area contributed by atoms with Crippen molar-refractivity contribution in [2.45, 2.75) is 24.0 Å². The highest BCUT2D eigenvalue weighted by Crippen LogP contribution is 2.39. The summed E-state index contributed by atoms with van der Waals surface area (Å²) in [6.45, 7) is 7.60. The highest BCUT2D eigenvalue weighted by atomic mass is 32.2. The number of rotatable bonds is 3. The van der Waals surface area contributed by atoms with E-state index in [1.165, 1.54) is 11.8 Å². The van der Waals surface area contributed by atoms with Gasteiger partial charge in [0, 0.05) is 17.0 Å². The maximum absolute atomic E-state index is 12.1. The molecule has 0 saturated carbocycles. The lowest BCUT2D eigenvalue weighted by molar-refractivity contribution is -0.117. The standard InChI is InChI=1S/C14H15NO2S/c1-4-7-15-12-6-5-11(9(2)16)8-13(12)18-10(3)14(15)17/h4-6,8,10H,1,7H2,2-3H3. The molecule has 0 N–H and O–H groups in total. The van der Waals surface area contributed by atoms with Crippen LogP contribution in [0.3, 0.4) is 0 Å². The van der Waals surface area contributed by atoms with Crippen molar-refractivity contribution in [2.75, 3.05) is 11.4 Å². The van der Waals surface area contributed by atoms with Crippen molar-refractivity contribution < 1.29 is 9.59 Å². The Kier molecular flexibility index (Phi) is 3.57. The van der Waals surface area contributed by atoms with Gasteiger partial charge in [-0.3, -0.25) is 9.59 Å². The third-order valence-electron chi connectivity index (χ3n) is 2.89. The Morgan fingerprint density at radius 3 is 2.89 bits per heavy atom. The molecule has 3 nitrogen and oxygen atoms in total. The maximum atomic E-state index is 12.1. The van der Waals surface area contributed by atoms with Gasteiger partial charge in [-0.2, -0.15) is 0 Å². The van der Waals surface area contributed by atoms with Gasteiger partial charge in [-0.25, -0.2) is 0 Å². The van der Waals surface area contributed by atoms with Crippen LogP contribution in [-0.4, -0.2) is 23.5 Å². The number of amides is 1. The van der Waals surface area contributed by atoms with Crippen molar-refractivity contribution in [2.24, 2.45) is 0 Å². The number of hydrogen-bond acceptors (Lipinski definition) is 3. The van der Waals surface area contributed by atoms with Gasteiger partial charge in [0.05, 0.1) is 10.9 Å². The maximum Gasteiger partial charge on any atom is 0.240 e. The number of thioether (sulfide) groups is 1. The summed E-state index contributed by atoms with van der Waals surface area (Å²) in [5.74, 6) is 0.126. The lowest BCUT2D eigenvalue weighted by Gasteiger charge is -2.31. The van der Waals surface area contributed by atoms with Crippen LogP contribution >= 0.6 is 11.8 Å². The van der Waals surface area contributed by atoms with E-state index in [1.807, 2.05) is 19.1 Å². The minimum absolute atomic E-state index is 0.0400. The van der Waals surface area contributed by atoms with Crippen LogP contribution in [0.2, 0.25) is 0 Å².